The Morgan fingerprint density at radius 1 is 1.13 bits per heavy atom. The molecule has 1 saturated heterocycles. The summed E-state index contributed by atoms with van der Waals surface area (Å²) in [5.74, 6) is -0.0209. The zero-order valence-electron chi connectivity index (χ0n) is 18.2. The van der Waals surface area contributed by atoms with E-state index < -0.39 is 0 Å². The molecule has 2 heterocycles. The number of nitrogens with one attached hydrogen (secondary N) is 1. The molecule has 164 valence electrons. The number of rotatable bonds is 6. The second-order valence-corrected chi connectivity index (χ2v) is 9.46. The van der Waals surface area contributed by atoms with Gasteiger partial charge in [-0.25, -0.2) is 4.98 Å². The number of fused-ring (bicyclic) bond motifs is 1. The number of aromatic nitrogens is 1. The normalized spacial score (nSPS) is 14.8. The molecule has 0 radical (unpaired) electrons. The fourth-order valence-corrected chi connectivity index (χ4v) is 4.96. The van der Waals surface area contributed by atoms with Crippen LogP contribution in [0.3, 0.4) is 0 Å². The second kappa shape index (κ2) is 9.42. The van der Waals surface area contributed by atoms with Gasteiger partial charge in [0.15, 0.2) is 5.13 Å². The molecule has 0 atom stereocenters. The summed E-state index contributed by atoms with van der Waals surface area (Å²) in [7, 11) is 3.98. The lowest BCUT2D eigenvalue weighted by molar-refractivity contribution is 0.0948. The number of carbonyl (C=O) groups excluding carboxylic acids is 1. The Hall–Kier alpha value is -2.35. The highest BCUT2D eigenvalue weighted by molar-refractivity contribution is 7.22. The monoisotopic (exact) mass is 457 g/mol. The molecule has 1 amide bonds. The standard InChI is InChI=1S/C23H28ClN5OS/c1-16-19(24)8-9-20-21(16)26-23(31-20)29-14-12-28(13-15-29)11-10-25-22(30)17-4-6-18(7-5-17)27(2)3/h4-9H,10-15H2,1-3H3,(H,25,30). The number of hydrogen-bond acceptors (Lipinski definition) is 6. The summed E-state index contributed by atoms with van der Waals surface area (Å²) in [5.41, 5.74) is 3.84. The Labute approximate surface area is 192 Å². The maximum absolute atomic E-state index is 12.4. The highest BCUT2D eigenvalue weighted by atomic mass is 35.5. The molecule has 1 fully saturated rings. The summed E-state index contributed by atoms with van der Waals surface area (Å²) < 4.78 is 1.18. The molecule has 0 unspecified atom stereocenters. The second-order valence-electron chi connectivity index (χ2n) is 8.04. The van der Waals surface area contributed by atoms with E-state index in [4.69, 9.17) is 16.6 Å². The molecule has 2 aromatic carbocycles. The fraction of sp³-hybridized carbons (Fsp3) is 0.391. The minimum atomic E-state index is -0.0209. The molecule has 6 nitrogen and oxygen atoms in total. The molecular formula is C23H28ClN5OS. The fourth-order valence-electron chi connectivity index (χ4n) is 3.73. The van der Waals surface area contributed by atoms with Crippen molar-refractivity contribution in [2.24, 2.45) is 0 Å². The Balaban J connectivity index is 1.25. The largest absolute Gasteiger partial charge is 0.378 e. The number of carbonyl (C=O) groups is 1. The lowest BCUT2D eigenvalue weighted by atomic mass is 10.2. The number of piperazine rings is 1. The van der Waals surface area contributed by atoms with Gasteiger partial charge < -0.3 is 15.1 Å². The van der Waals surface area contributed by atoms with Gasteiger partial charge in [-0.3, -0.25) is 9.69 Å². The van der Waals surface area contributed by atoms with Gasteiger partial charge in [-0.15, -0.1) is 0 Å². The van der Waals surface area contributed by atoms with Crippen LogP contribution in [0, 0.1) is 6.92 Å². The van der Waals surface area contributed by atoms with E-state index in [-0.39, 0.29) is 5.91 Å². The summed E-state index contributed by atoms with van der Waals surface area (Å²) in [6, 6.07) is 11.7. The number of halogens is 1. The van der Waals surface area contributed by atoms with Crippen molar-refractivity contribution < 1.29 is 4.79 Å². The van der Waals surface area contributed by atoms with Crippen LogP contribution in [0.1, 0.15) is 15.9 Å². The molecule has 8 heteroatoms. The highest BCUT2D eigenvalue weighted by Gasteiger charge is 2.20. The van der Waals surface area contributed by atoms with Crippen molar-refractivity contribution in [1.82, 2.24) is 15.2 Å². The Bertz CT molecular complexity index is 1060. The van der Waals surface area contributed by atoms with Crippen LogP contribution in [0.5, 0.6) is 0 Å². The molecule has 31 heavy (non-hydrogen) atoms. The van der Waals surface area contributed by atoms with Crippen LogP contribution in [0.15, 0.2) is 36.4 Å². The highest BCUT2D eigenvalue weighted by Crippen LogP contribution is 2.33. The lowest BCUT2D eigenvalue weighted by Gasteiger charge is -2.34. The van der Waals surface area contributed by atoms with Crippen LogP contribution in [0.25, 0.3) is 10.2 Å². The van der Waals surface area contributed by atoms with Crippen LogP contribution in [-0.2, 0) is 0 Å². The zero-order chi connectivity index (χ0) is 22.0. The van der Waals surface area contributed by atoms with Gasteiger partial charge in [0.05, 0.1) is 10.2 Å². The van der Waals surface area contributed by atoms with Crippen molar-refractivity contribution in [2.45, 2.75) is 6.92 Å². The average Bonchev–Trinajstić information content (AvgIpc) is 3.22. The van der Waals surface area contributed by atoms with E-state index in [2.05, 4.69) is 21.2 Å². The molecule has 0 aliphatic carbocycles. The van der Waals surface area contributed by atoms with Crippen molar-refractivity contribution in [3.63, 3.8) is 0 Å². The quantitative estimate of drug-likeness (QED) is 0.608. The maximum Gasteiger partial charge on any atom is 0.251 e. The minimum Gasteiger partial charge on any atom is -0.378 e. The number of nitrogens with zero attached hydrogens (tertiary/aromatic N) is 4. The summed E-state index contributed by atoms with van der Waals surface area (Å²) in [6.07, 6.45) is 0. The smallest absolute Gasteiger partial charge is 0.251 e. The first-order valence-corrected chi connectivity index (χ1v) is 11.7. The van der Waals surface area contributed by atoms with Gasteiger partial charge in [-0.05, 0) is 48.9 Å². The van der Waals surface area contributed by atoms with Gasteiger partial charge in [0.2, 0.25) is 0 Å². The summed E-state index contributed by atoms with van der Waals surface area (Å²) >= 11 is 7.97. The van der Waals surface area contributed by atoms with E-state index in [9.17, 15) is 4.79 Å². The number of thiazole rings is 1. The van der Waals surface area contributed by atoms with E-state index in [1.165, 1.54) is 4.70 Å². The van der Waals surface area contributed by atoms with Crippen molar-refractivity contribution >= 4 is 49.9 Å². The van der Waals surface area contributed by atoms with E-state index in [1.54, 1.807) is 11.3 Å². The van der Waals surface area contributed by atoms with Crippen LogP contribution >= 0.6 is 22.9 Å². The van der Waals surface area contributed by atoms with Crippen LogP contribution < -0.4 is 15.1 Å². The van der Waals surface area contributed by atoms with E-state index >= 15 is 0 Å². The molecule has 0 spiro atoms. The van der Waals surface area contributed by atoms with Crippen LogP contribution in [-0.4, -0.2) is 69.2 Å². The van der Waals surface area contributed by atoms with Crippen molar-refractivity contribution in [1.29, 1.82) is 0 Å². The predicted octanol–water partition coefficient (Wildman–Crippen LogP) is 3.88. The van der Waals surface area contributed by atoms with Crippen molar-refractivity contribution in [3.8, 4) is 0 Å². The number of benzene rings is 2. The topological polar surface area (TPSA) is 51.7 Å². The SMILES string of the molecule is Cc1c(Cl)ccc2sc(N3CCN(CCNC(=O)c4ccc(N(C)C)cc4)CC3)nc12. The van der Waals surface area contributed by atoms with Gasteiger partial charge in [0.25, 0.3) is 5.91 Å². The first-order chi connectivity index (χ1) is 14.9. The van der Waals surface area contributed by atoms with E-state index in [1.807, 2.05) is 56.3 Å². The Morgan fingerprint density at radius 3 is 2.52 bits per heavy atom. The predicted molar refractivity (Wildman–Crippen MR) is 131 cm³/mol. The van der Waals surface area contributed by atoms with Gasteiger partial charge in [0, 0.05) is 69.6 Å². The van der Waals surface area contributed by atoms with Crippen LogP contribution in [0.4, 0.5) is 10.8 Å². The van der Waals surface area contributed by atoms with Gasteiger partial charge in [-0.2, -0.15) is 0 Å². The first-order valence-electron chi connectivity index (χ1n) is 10.5. The van der Waals surface area contributed by atoms with Gasteiger partial charge in [0.1, 0.15) is 0 Å². The molecule has 1 N–H and O–H groups in total. The van der Waals surface area contributed by atoms with Crippen LogP contribution in [0.2, 0.25) is 5.02 Å². The average molecular weight is 458 g/mol. The first kappa shape index (κ1) is 21.9. The van der Waals surface area contributed by atoms with Crippen molar-refractivity contribution in [3.05, 3.63) is 52.5 Å². The van der Waals surface area contributed by atoms with Crippen molar-refractivity contribution in [2.75, 3.05) is 63.2 Å². The third-order valence-corrected chi connectivity index (χ3v) is 7.23. The molecule has 1 aliphatic heterocycles. The van der Waals surface area contributed by atoms with E-state index in [0.29, 0.717) is 12.1 Å². The Morgan fingerprint density at radius 2 is 1.84 bits per heavy atom. The molecule has 1 aliphatic rings. The molecule has 3 aromatic rings. The summed E-state index contributed by atoms with van der Waals surface area (Å²) in [5, 5.41) is 4.87. The number of aryl methyl sites for hydroxylation is 1. The third-order valence-electron chi connectivity index (χ3n) is 5.74. The van der Waals surface area contributed by atoms with Gasteiger partial charge in [-0.1, -0.05) is 22.9 Å². The molecule has 0 bridgehead atoms. The molecular weight excluding hydrogens is 430 g/mol. The Kier molecular flexibility index (Phi) is 6.65. The number of anilines is 2. The number of hydrogen-bond donors (Lipinski definition) is 1. The summed E-state index contributed by atoms with van der Waals surface area (Å²) in [6.45, 7) is 7.32. The zero-order valence-corrected chi connectivity index (χ0v) is 19.8. The molecule has 0 saturated carbocycles. The molecule has 4 rings (SSSR count). The third kappa shape index (κ3) is 4.95. The number of amides is 1. The molecule has 1 aromatic heterocycles. The minimum absolute atomic E-state index is 0.0209. The van der Waals surface area contributed by atoms with Gasteiger partial charge >= 0.3 is 0 Å². The maximum atomic E-state index is 12.4. The lowest BCUT2D eigenvalue weighted by Crippen LogP contribution is -2.48. The summed E-state index contributed by atoms with van der Waals surface area (Å²) in [4.78, 5) is 24.0. The van der Waals surface area contributed by atoms with E-state index in [0.717, 1.165) is 59.6 Å².